The Morgan fingerprint density at radius 3 is 2.00 bits per heavy atom. The van der Waals surface area contributed by atoms with Crippen molar-refractivity contribution < 1.29 is 19.1 Å². The highest BCUT2D eigenvalue weighted by molar-refractivity contribution is 5.91. The first kappa shape index (κ1) is 29.5. The van der Waals surface area contributed by atoms with Crippen LogP contribution >= 0.6 is 0 Å². The van der Waals surface area contributed by atoms with Gasteiger partial charge in [-0.15, -0.1) is 0 Å². The van der Waals surface area contributed by atoms with E-state index in [2.05, 4.69) is 24.5 Å². The Kier molecular flexibility index (Phi) is 11.1. The lowest BCUT2D eigenvalue weighted by molar-refractivity contribution is -0.143. The Balaban J connectivity index is 3.43. The number of amides is 3. The second-order valence-electron chi connectivity index (χ2n) is 10.8. The Bertz CT molecular complexity index is 823. The molecule has 1 aromatic rings. The minimum atomic E-state index is -0.807. The van der Waals surface area contributed by atoms with Crippen molar-refractivity contribution in [2.75, 3.05) is 6.54 Å². The predicted octanol–water partition coefficient (Wildman–Crippen LogP) is 5.05. The minimum Gasteiger partial charge on any atom is -0.444 e. The van der Waals surface area contributed by atoms with E-state index in [1.165, 1.54) is 0 Å². The van der Waals surface area contributed by atoms with Crippen molar-refractivity contribution in [2.24, 2.45) is 5.92 Å². The van der Waals surface area contributed by atoms with Crippen LogP contribution in [0.1, 0.15) is 91.0 Å². The molecule has 2 unspecified atom stereocenters. The predicted molar refractivity (Wildman–Crippen MR) is 137 cm³/mol. The summed E-state index contributed by atoms with van der Waals surface area (Å²) in [6, 6.07) is 4.76. The highest BCUT2D eigenvalue weighted by atomic mass is 16.6. The minimum absolute atomic E-state index is 0.0814. The van der Waals surface area contributed by atoms with E-state index in [0.29, 0.717) is 5.92 Å². The number of hydrogen-bond acceptors (Lipinski definition) is 4. The molecule has 2 atom stereocenters. The zero-order valence-corrected chi connectivity index (χ0v) is 22.7. The summed E-state index contributed by atoms with van der Waals surface area (Å²) in [6.45, 7) is 19.0. The van der Waals surface area contributed by atoms with E-state index in [0.717, 1.165) is 29.5 Å². The summed E-state index contributed by atoms with van der Waals surface area (Å²) in [5.74, 6) is -0.0921. The number of carbonyl (C=O) groups is 3. The quantitative estimate of drug-likeness (QED) is 0.496. The maximum Gasteiger partial charge on any atom is 0.408 e. The number of nitrogens with one attached hydrogen (secondary N) is 2. The average Bonchev–Trinajstić information content (AvgIpc) is 2.67. The fraction of sp³-hybridized carbons (Fsp3) is 0.667. The number of benzene rings is 1. The zero-order chi connectivity index (χ0) is 26.2. The van der Waals surface area contributed by atoms with Crippen LogP contribution in [0.25, 0.3) is 0 Å². The molecule has 7 heteroatoms. The summed E-state index contributed by atoms with van der Waals surface area (Å²) < 4.78 is 5.29. The van der Waals surface area contributed by atoms with Gasteiger partial charge in [-0.1, -0.05) is 32.0 Å². The van der Waals surface area contributed by atoms with Gasteiger partial charge in [-0.25, -0.2) is 4.79 Å². The summed E-state index contributed by atoms with van der Waals surface area (Å²) in [5.41, 5.74) is 2.04. The van der Waals surface area contributed by atoms with Gasteiger partial charge >= 0.3 is 6.09 Å². The second-order valence-corrected chi connectivity index (χ2v) is 10.8. The van der Waals surface area contributed by atoms with Gasteiger partial charge in [-0.05, 0) is 90.8 Å². The summed E-state index contributed by atoms with van der Waals surface area (Å²) in [7, 11) is 0. The standard InChI is InChI=1S/C27H45N3O4/c1-17(2)14-15-21(7)30(22(31)16-28-26(33)34-27(8,9)10)24(25(32)29-18(3)4)23-19(5)12-11-13-20(23)6/h11-13,17-18,21,24H,14-16H2,1-10H3,(H,28,33)(H,29,32). The van der Waals surface area contributed by atoms with Crippen molar-refractivity contribution >= 4 is 17.9 Å². The first-order chi connectivity index (χ1) is 15.6. The van der Waals surface area contributed by atoms with Crippen molar-refractivity contribution in [1.29, 1.82) is 0 Å². The second kappa shape index (κ2) is 12.8. The molecule has 34 heavy (non-hydrogen) atoms. The van der Waals surface area contributed by atoms with Gasteiger partial charge in [0.05, 0.1) is 0 Å². The Morgan fingerprint density at radius 1 is 0.971 bits per heavy atom. The molecule has 0 aliphatic carbocycles. The molecule has 0 aliphatic heterocycles. The first-order valence-electron chi connectivity index (χ1n) is 12.3. The van der Waals surface area contributed by atoms with Crippen LogP contribution in [0.15, 0.2) is 18.2 Å². The monoisotopic (exact) mass is 475 g/mol. The fourth-order valence-corrected chi connectivity index (χ4v) is 3.93. The molecule has 1 aromatic carbocycles. The molecule has 0 aromatic heterocycles. The van der Waals surface area contributed by atoms with Gasteiger partial charge in [0.25, 0.3) is 0 Å². The van der Waals surface area contributed by atoms with Crippen molar-refractivity contribution in [3.8, 4) is 0 Å². The average molecular weight is 476 g/mol. The summed E-state index contributed by atoms with van der Waals surface area (Å²) in [6.07, 6.45) is 0.993. The first-order valence-corrected chi connectivity index (χ1v) is 12.3. The number of rotatable bonds is 10. The Labute approximate surface area is 206 Å². The highest BCUT2D eigenvalue weighted by Crippen LogP contribution is 2.31. The number of alkyl carbamates (subject to hydrolysis) is 1. The van der Waals surface area contributed by atoms with Crippen LogP contribution in [-0.4, -0.2) is 47.0 Å². The third-order valence-corrected chi connectivity index (χ3v) is 5.48. The molecule has 192 valence electrons. The molecule has 0 saturated heterocycles. The van der Waals surface area contributed by atoms with Crippen LogP contribution in [0, 0.1) is 19.8 Å². The highest BCUT2D eigenvalue weighted by Gasteiger charge is 2.36. The van der Waals surface area contributed by atoms with Crippen molar-refractivity contribution in [3.63, 3.8) is 0 Å². The summed E-state index contributed by atoms with van der Waals surface area (Å²) >= 11 is 0. The molecule has 0 aliphatic rings. The molecule has 0 spiro atoms. The lowest BCUT2D eigenvalue weighted by atomic mass is 9.92. The number of nitrogens with zero attached hydrogens (tertiary/aromatic N) is 1. The number of aryl methyl sites for hydroxylation is 2. The SMILES string of the molecule is Cc1cccc(C)c1C(C(=O)NC(C)C)N(C(=O)CNC(=O)OC(C)(C)C)C(C)CCC(C)C. The van der Waals surface area contributed by atoms with Gasteiger partial charge in [0.2, 0.25) is 11.8 Å². The summed E-state index contributed by atoms with van der Waals surface area (Å²) in [4.78, 5) is 41.0. The largest absolute Gasteiger partial charge is 0.444 e. The van der Waals surface area contributed by atoms with E-state index in [1.54, 1.807) is 25.7 Å². The molecule has 7 nitrogen and oxygen atoms in total. The molecule has 0 heterocycles. The fourth-order valence-electron chi connectivity index (χ4n) is 3.93. The van der Waals surface area contributed by atoms with Crippen LogP contribution < -0.4 is 10.6 Å². The van der Waals surface area contributed by atoms with Gasteiger partial charge < -0.3 is 20.3 Å². The van der Waals surface area contributed by atoms with Crippen LogP contribution in [0.4, 0.5) is 4.79 Å². The van der Waals surface area contributed by atoms with Crippen molar-refractivity contribution in [1.82, 2.24) is 15.5 Å². The zero-order valence-electron chi connectivity index (χ0n) is 22.7. The van der Waals surface area contributed by atoms with Gasteiger partial charge in [0.1, 0.15) is 18.2 Å². The number of ether oxygens (including phenoxy) is 1. The molecule has 2 N–H and O–H groups in total. The van der Waals surface area contributed by atoms with E-state index in [4.69, 9.17) is 4.74 Å². The van der Waals surface area contributed by atoms with Crippen LogP contribution in [-0.2, 0) is 14.3 Å². The molecule has 0 radical (unpaired) electrons. The molecule has 0 bridgehead atoms. The molecule has 0 fully saturated rings. The van der Waals surface area contributed by atoms with E-state index >= 15 is 0 Å². The van der Waals surface area contributed by atoms with Gasteiger partial charge in [0, 0.05) is 12.1 Å². The summed E-state index contributed by atoms with van der Waals surface area (Å²) in [5, 5.41) is 5.57. The van der Waals surface area contributed by atoms with Crippen molar-refractivity contribution in [2.45, 2.75) is 106 Å². The molecular formula is C27H45N3O4. The maximum atomic E-state index is 13.6. The van der Waals surface area contributed by atoms with Crippen LogP contribution in [0.2, 0.25) is 0 Å². The lowest BCUT2D eigenvalue weighted by Gasteiger charge is -2.38. The Morgan fingerprint density at radius 2 is 1.53 bits per heavy atom. The number of hydrogen-bond donors (Lipinski definition) is 2. The maximum absolute atomic E-state index is 13.6. The van der Waals surface area contributed by atoms with Crippen LogP contribution in [0.3, 0.4) is 0 Å². The molecular weight excluding hydrogens is 430 g/mol. The van der Waals surface area contributed by atoms with E-state index in [-0.39, 0.29) is 30.4 Å². The third-order valence-electron chi connectivity index (χ3n) is 5.48. The smallest absolute Gasteiger partial charge is 0.408 e. The van der Waals surface area contributed by atoms with E-state index < -0.39 is 17.7 Å². The van der Waals surface area contributed by atoms with Crippen LogP contribution in [0.5, 0.6) is 0 Å². The van der Waals surface area contributed by atoms with E-state index in [1.807, 2.05) is 52.8 Å². The molecule has 0 saturated carbocycles. The van der Waals surface area contributed by atoms with E-state index in [9.17, 15) is 14.4 Å². The third kappa shape index (κ3) is 9.35. The number of carbonyl (C=O) groups excluding carboxylic acids is 3. The van der Waals surface area contributed by atoms with Gasteiger partial charge in [-0.2, -0.15) is 0 Å². The Hall–Kier alpha value is -2.57. The molecule has 1 rings (SSSR count). The lowest BCUT2D eigenvalue weighted by Crippen LogP contribution is -2.52. The van der Waals surface area contributed by atoms with Gasteiger partial charge in [-0.3, -0.25) is 9.59 Å². The molecule has 3 amide bonds. The normalized spacial score (nSPS) is 13.4. The van der Waals surface area contributed by atoms with Crippen molar-refractivity contribution in [3.05, 3.63) is 34.9 Å². The van der Waals surface area contributed by atoms with Gasteiger partial charge in [0.15, 0.2) is 0 Å². The topological polar surface area (TPSA) is 87.7 Å².